The third kappa shape index (κ3) is 5.99. The summed E-state index contributed by atoms with van der Waals surface area (Å²) in [6, 6.07) is 17.1. The number of amides is 2. The molecule has 2 aromatic carbocycles. The third-order valence-electron chi connectivity index (χ3n) is 6.11. The van der Waals surface area contributed by atoms with Crippen LogP contribution >= 0.6 is 23.4 Å². The maximum atomic E-state index is 12.9. The van der Waals surface area contributed by atoms with Crippen LogP contribution in [0.1, 0.15) is 30.0 Å². The molecule has 2 heterocycles. The number of rotatable bonds is 8. The van der Waals surface area contributed by atoms with E-state index in [1.54, 1.807) is 16.7 Å². The predicted molar refractivity (Wildman–Crippen MR) is 134 cm³/mol. The Labute approximate surface area is 208 Å². The van der Waals surface area contributed by atoms with Crippen LogP contribution in [0.5, 0.6) is 0 Å². The maximum Gasteiger partial charge on any atom is 0.255 e. The van der Waals surface area contributed by atoms with Gasteiger partial charge in [0.1, 0.15) is 0 Å². The number of nitrogens with zero attached hydrogens (tertiary/aromatic N) is 2. The van der Waals surface area contributed by atoms with E-state index in [9.17, 15) is 19.8 Å². The third-order valence-corrected chi connectivity index (χ3v) is 7.55. The van der Waals surface area contributed by atoms with Gasteiger partial charge in [-0.05, 0) is 42.5 Å². The van der Waals surface area contributed by atoms with Crippen molar-refractivity contribution in [2.45, 2.75) is 42.8 Å². The summed E-state index contributed by atoms with van der Waals surface area (Å²) in [5.74, 6) is -1.43. The first-order chi connectivity index (χ1) is 16.4. The average molecular weight is 502 g/mol. The van der Waals surface area contributed by atoms with Gasteiger partial charge in [0.2, 0.25) is 0 Å². The molecule has 0 bridgehead atoms. The molecular formula is C25H28ClN3O4S. The molecule has 34 heavy (non-hydrogen) atoms. The number of hydrogen-bond acceptors (Lipinski definition) is 6. The second-order valence-corrected chi connectivity index (χ2v) is 10.3. The summed E-state index contributed by atoms with van der Waals surface area (Å²) in [7, 11) is 0. The van der Waals surface area contributed by atoms with Crippen LogP contribution in [0.25, 0.3) is 0 Å². The van der Waals surface area contributed by atoms with Crippen LogP contribution in [-0.2, 0) is 16.0 Å². The lowest BCUT2D eigenvalue weighted by molar-refractivity contribution is -0.153. The Balaban J connectivity index is 1.25. The van der Waals surface area contributed by atoms with E-state index in [0.29, 0.717) is 18.1 Å². The number of carbonyl (C=O) groups excluding carboxylic acids is 2. The van der Waals surface area contributed by atoms with Crippen LogP contribution in [-0.4, -0.2) is 69.1 Å². The van der Waals surface area contributed by atoms with E-state index in [4.69, 9.17) is 11.6 Å². The van der Waals surface area contributed by atoms with Gasteiger partial charge in [-0.3, -0.25) is 14.6 Å². The topological polar surface area (TPSA) is 102 Å². The van der Waals surface area contributed by atoms with Gasteiger partial charge in [0.15, 0.2) is 12.2 Å². The van der Waals surface area contributed by atoms with Crippen LogP contribution < -0.4 is 5.32 Å². The number of halogens is 1. The van der Waals surface area contributed by atoms with E-state index in [0.717, 1.165) is 35.4 Å². The summed E-state index contributed by atoms with van der Waals surface area (Å²) < 4.78 is 0. The molecule has 2 aliphatic heterocycles. The number of thioether (sulfide) groups is 1. The summed E-state index contributed by atoms with van der Waals surface area (Å²) in [6.45, 7) is 1.26. The fourth-order valence-electron chi connectivity index (χ4n) is 4.33. The fourth-order valence-corrected chi connectivity index (χ4v) is 5.57. The highest BCUT2D eigenvalue weighted by Gasteiger charge is 2.38. The average Bonchev–Trinajstić information content (AvgIpc) is 3.53. The molecule has 1 saturated heterocycles. The summed E-state index contributed by atoms with van der Waals surface area (Å²) >= 11 is 7.51. The molecule has 0 spiro atoms. The Hall–Kier alpha value is -2.39. The van der Waals surface area contributed by atoms with Crippen LogP contribution in [0.2, 0.25) is 5.02 Å². The van der Waals surface area contributed by atoms with Gasteiger partial charge in [0, 0.05) is 16.8 Å². The molecule has 2 amide bonds. The largest absolute Gasteiger partial charge is 0.380 e. The van der Waals surface area contributed by atoms with Crippen LogP contribution in [0, 0.1) is 0 Å². The molecule has 0 radical (unpaired) electrons. The minimum atomic E-state index is -1.85. The summed E-state index contributed by atoms with van der Waals surface area (Å²) in [6.07, 6.45) is -1.26. The predicted octanol–water partition coefficient (Wildman–Crippen LogP) is 2.60. The number of carbonyl (C=O) groups is 2. The van der Waals surface area contributed by atoms with Crippen LogP contribution in [0.3, 0.4) is 0 Å². The smallest absolute Gasteiger partial charge is 0.255 e. The Morgan fingerprint density at radius 1 is 1.12 bits per heavy atom. The van der Waals surface area contributed by atoms with Crippen molar-refractivity contribution < 1.29 is 19.8 Å². The zero-order valence-corrected chi connectivity index (χ0v) is 20.2. The normalized spacial score (nSPS) is 21.7. The van der Waals surface area contributed by atoms with Crippen molar-refractivity contribution in [2.24, 2.45) is 4.99 Å². The molecule has 7 nitrogen and oxygen atoms in total. The number of aliphatic hydroxyl groups is 2. The number of aliphatic imine (C=N–C) groups is 1. The number of nitrogens with one attached hydrogen (secondary N) is 1. The van der Waals surface area contributed by atoms with E-state index >= 15 is 0 Å². The van der Waals surface area contributed by atoms with Gasteiger partial charge in [0.05, 0.1) is 24.2 Å². The molecule has 2 unspecified atom stereocenters. The molecule has 0 saturated carbocycles. The molecule has 9 heteroatoms. The molecule has 2 aromatic rings. The van der Waals surface area contributed by atoms with E-state index in [1.165, 1.54) is 0 Å². The highest BCUT2D eigenvalue weighted by molar-refractivity contribution is 8.14. The van der Waals surface area contributed by atoms with Crippen molar-refractivity contribution in [3.8, 4) is 0 Å². The highest BCUT2D eigenvalue weighted by Crippen LogP contribution is 2.32. The Morgan fingerprint density at radius 3 is 2.59 bits per heavy atom. The number of hydrogen-bond donors (Lipinski definition) is 3. The fraction of sp³-hybridized carbons (Fsp3) is 0.400. The lowest BCUT2D eigenvalue weighted by Crippen LogP contribution is -2.51. The molecule has 3 N–H and O–H groups in total. The van der Waals surface area contributed by atoms with Crippen molar-refractivity contribution in [3.05, 3.63) is 70.7 Å². The summed E-state index contributed by atoms with van der Waals surface area (Å²) in [5.41, 5.74) is 2.14. The van der Waals surface area contributed by atoms with Gasteiger partial charge in [-0.2, -0.15) is 0 Å². The lowest BCUT2D eigenvalue weighted by atomic mass is 10.0. The number of benzene rings is 2. The minimum absolute atomic E-state index is 0.148. The number of aliphatic hydroxyl groups excluding tert-OH is 2. The summed E-state index contributed by atoms with van der Waals surface area (Å²) in [4.78, 5) is 31.3. The number of likely N-dealkylation sites (tertiary alicyclic amines) is 1. The van der Waals surface area contributed by atoms with Crippen molar-refractivity contribution in [1.29, 1.82) is 0 Å². The molecule has 0 aliphatic carbocycles. The summed E-state index contributed by atoms with van der Waals surface area (Å²) in [5, 5.41) is 25.1. The van der Waals surface area contributed by atoms with Crippen molar-refractivity contribution >= 4 is 40.2 Å². The van der Waals surface area contributed by atoms with Gasteiger partial charge >= 0.3 is 0 Å². The highest BCUT2D eigenvalue weighted by atomic mass is 35.5. The molecule has 0 aromatic heterocycles. The second kappa shape index (κ2) is 11.4. The van der Waals surface area contributed by atoms with Gasteiger partial charge in [-0.25, -0.2) is 0 Å². The Kier molecular flexibility index (Phi) is 8.26. The van der Waals surface area contributed by atoms with E-state index in [2.05, 4.69) is 10.3 Å². The second-order valence-electron chi connectivity index (χ2n) is 8.51. The van der Waals surface area contributed by atoms with Crippen LogP contribution in [0.4, 0.5) is 0 Å². The zero-order chi connectivity index (χ0) is 24.1. The standard InChI is InChI=1S/C25H28ClN3O4S/c26-18-10-8-16(9-11-18)13-19-14-27-21(34-19)15-28-24(32)22(30)23(31)25(33)29-12-4-7-20(29)17-5-2-1-3-6-17/h1-3,5-6,8-11,19-20,22-23,30-31H,4,7,12-15H2,(H,28,32)/t19?,20?,22-,23-/m1/s1. The molecule has 4 rings (SSSR count). The first-order valence-electron chi connectivity index (χ1n) is 11.4. The Bertz CT molecular complexity index is 1030. The van der Waals surface area contributed by atoms with Gasteiger partial charge < -0.3 is 20.4 Å². The molecule has 4 atom stereocenters. The molecule has 180 valence electrons. The van der Waals surface area contributed by atoms with Crippen molar-refractivity contribution in [1.82, 2.24) is 10.2 Å². The minimum Gasteiger partial charge on any atom is -0.380 e. The van der Waals surface area contributed by atoms with Crippen molar-refractivity contribution in [2.75, 3.05) is 19.6 Å². The molecular weight excluding hydrogens is 474 g/mol. The van der Waals surface area contributed by atoms with Crippen LogP contribution in [0.15, 0.2) is 59.6 Å². The quantitative estimate of drug-likeness (QED) is 0.516. The monoisotopic (exact) mass is 501 g/mol. The van der Waals surface area contributed by atoms with Gasteiger partial charge in [0.25, 0.3) is 11.8 Å². The lowest BCUT2D eigenvalue weighted by Gasteiger charge is -2.28. The van der Waals surface area contributed by atoms with E-state index in [-0.39, 0.29) is 17.8 Å². The Morgan fingerprint density at radius 2 is 1.85 bits per heavy atom. The van der Waals surface area contributed by atoms with Crippen molar-refractivity contribution in [3.63, 3.8) is 0 Å². The van der Waals surface area contributed by atoms with Gasteiger partial charge in [-0.15, -0.1) is 11.8 Å². The van der Waals surface area contributed by atoms with E-state index < -0.39 is 24.0 Å². The maximum absolute atomic E-state index is 12.9. The first kappa shape index (κ1) is 24.7. The zero-order valence-electron chi connectivity index (χ0n) is 18.6. The first-order valence-corrected chi connectivity index (χ1v) is 12.6. The van der Waals surface area contributed by atoms with Gasteiger partial charge in [-0.1, -0.05) is 54.1 Å². The SMILES string of the molecule is O=C(NCC1=NCC(Cc2ccc(Cl)cc2)S1)[C@H](O)[C@@H](O)C(=O)N1CCCC1c1ccccc1. The van der Waals surface area contributed by atoms with E-state index in [1.807, 2.05) is 54.6 Å². The molecule has 2 aliphatic rings. The molecule has 1 fully saturated rings.